The first-order valence-electron chi connectivity index (χ1n) is 7.96. The monoisotopic (exact) mass is 321 g/mol. The van der Waals surface area contributed by atoms with Gasteiger partial charge in [-0.15, -0.1) is 0 Å². The number of methoxy groups -OCH3 is 1. The molecule has 3 rings (SSSR count). The molecule has 0 amide bonds. The van der Waals surface area contributed by atoms with E-state index in [1.54, 1.807) is 25.3 Å². The Balaban J connectivity index is 1.66. The van der Waals surface area contributed by atoms with Crippen molar-refractivity contribution in [2.24, 2.45) is 0 Å². The number of benzene rings is 1. The number of likely N-dealkylation sites (tertiary alicyclic amines) is 1. The topological polar surface area (TPSA) is 68.2 Å². The van der Waals surface area contributed by atoms with Gasteiger partial charge in [0.05, 0.1) is 38.1 Å². The van der Waals surface area contributed by atoms with Crippen molar-refractivity contribution in [3.05, 3.63) is 29.3 Å². The first-order valence-corrected chi connectivity index (χ1v) is 7.96. The molecular formula is C17H23NO5. The number of ether oxygens (including phenoxy) is 3. The maximum absolute atomic E-state index is 11.2. The molecule has 0 unspecified atom stereocenters. The quantitative estimate of drug-likeness (QED) is 0.912. The van der Waals surface area contributed by atoms with E-state index in [9.17, 15) is 4.79 Å². The van der Waals surface area contributed by atoms with Gasteiger partial charge >= 0.3 is 5.97 Å². The Bertz CT molecular complexity index is 558. The zero-order valence-electron chi connectivity index (χ0n) is 13.4. The van der Waals surface area contributed by atoms with Gasteiger partial charge in [-0.25, -0.2) is 4.79 Å². The Morgan fingerprint density at radius 1 is 1.35 bits per heavy atom. The summed E-state index contributed by atoms with van der Waals surface area (Å²) in [5.74, 6) is -0.188. The summed E-state index contributed by atoms with van der Waals surface area (Å²) in [4.78, 5) is 13.5. The predicted octanol–water partition coefficient (Wildman–Crippen LogP) is 1.77. The van der Waals surface area contributed by atoms with E-state index in [4.69, 9.17) is 19.3 Å². The number of nitrogens with zero attached hydrogens (tertiary/aromatic N) is 1. The van der Waals surface area contributed by atoms with Gasteiger partial charge in [-0.1, -0.05) is 0 Å². The van der Waals surface area contributed by atoms with Crippen molar-refractivity contribution in [3.8, 4) is 5.75 Å². The van der Waals surface area contributed by atoms with Crippen LogP contribution in [0.3, 0.4) is 0 Å². The van der Waals surface area contributed by atoms with Crippen LogP contribution in [0.1, 0.15) is 28.8 Å². The van der Waals surface area contributed by atoms with Crippen LogP contribution in [-0.2, 0) is 16.0 Å². The molecule has 126 valence electrons. The summed E-state index contributed by atoms with van der Waals surface area (Å²) >= 11 is 0. The Labute approximate surface area is 135 Å². The summed E-state index contributed by atoms with van der Waals surface area (Å²) in [5, 5.41) is 9.16. The molecule has 0 aliphatic carbocycles. The Kier molecular flexibility index (Phi) is 4.84. The van der Waals surface area contributed by atoms with Gasteiger partial charge < -0.3 is 19.3 Å². The summed E-state index contributed by atoms with van der Waals surface area (Å²) in [6.07, 6.45) is 1.88. The number of rotatable bonds is 4. The van der Waals surface area contributed by atoms with Crippen molar-refractivity contribution in [3.63, 3.8) is 0 Å². The highest BCUT2D eigenvalue weighted by Gasteiger charge is 2.37. The van der Waals surface area contributed by atoms with E-state index in [0.717, 1.165) is 37.2 Å². The molecule has 2 aliphatic rings. The molecule has 1 aromatic rings. The van der Waals surface area contributed by atoms with Gasteiger partial charge in [0, 0.05) is 25.2 Å². The summed E-state index contributed by atoms with van der Waals surface area (Å²) in [6, 6.07) is 5.00. The smallest absolute Gasteiger partial charge is 0.335 e. The highest BCUT2D eigenvalue weighted by atomic mass is 16.6. The van der Waals surface area contributed by atoms with Crippen LogP contribution in [0.15, 0.2) is 18.2 Å². The van der Waals surface area contributed by atoms with Crippen molar-refractivity contribution < 1.29 is 24.1 Å². The van der Waals surface area contributed by atoms with Crippen LogP contribution in [0.25, 0.3) is 0 Å². The van der Waals surface area contributed by atoms with Crippen LogP contribution >= 0.6 is 0 Å². The number of hydrogen-bond donors (Lipinski definition) is 1. The molecule has 6 heteroatoms. The second kappa shape index (κ2) is 6.86. The van der Waals surface area contributed by atoms with Crippen LogP contribution in [0, 0.1) is 0 Å². The third-order valence-electron chi connectivity index (χ3n) is 4.69. The van der Waals surface area contributed by atoms with E-state index in [2.05, 4.69) is 4.90 Å². The summed E-state index contributed by atoms with van der Waals surface area (Å²) in [5.41, 5.74) is 1.07. The van der Waals surface area contributed by atoms with Crippen molar-refractivity contribution in [1.82, 2.24) is 4.90 Å². The van der Waals surface area contributed by atoms with Crippen LogP contribution < -0.4 is 4.74 Å². The number of carboxylic acids is 1. The standard InChI is InChI=1S/C17H23NO5/c1-21-15-3-2-13(16(19)20)10-14(15)11-18-6-4-17(5-7-18)12-22-8-9-23-17/h2-3,10H,4-9,11-12H2,1H3,(H,19,20). The lowest BCUT2D eigenvalue weighted by molar-refractivity contribution is -0.177. The summed E-state index contributed by atoms with van der Waals surface area (Å²) in [6.45, 7) is 4.53. The largest absolute Gasteiger partial charge is 0.496 e. The molecule has 0 saturated carbocycles. The number of carbonyl (C=O) groups is 1. The van der Waals surface area contributed by atoms with E-state index in [1.807, 2.05) is 0 Å². The number of aromatic carboxylic acids is 1. The molecule has 0 atom stereocenters. The highest BCUT2D eigenvalue weighted by Crippen LogP contribution is 2.31. The number of piperidine rings is 1. The minimum absolute atomic E-state index is 0.123. The van der Waals surface area contributed by atoms with E-state index < -0.39 is 5.97 Å². The van der Waals surface area contributed by atoms with Gasteiger partial charge in [-0.2, -0.15) is 0 Å². The van der Waals surface area contributed by atoms with Gasteiger partial charge in [0.15, 0.2) is 0 Å². The van der Waals surface area contributed by atoms with Crippen molar-refractivity contribution in [2.75, 3.05) is 40.0 Å². The maximum Gasteiger partial charge on any atom is 0.335 e. The van der Waals surface area contributed by atoms with E-state index in [-0.39, 0.29) is 5.60 Å². The molecular weight excluding hydrogens is 298 g/mol. The minimum atomic E-state index is -0.917. The van der Waals surface area contributed by atoms with Crippen LogP contribution in [-0.4, -0.2) is 61.6 Å². The van der Waals surface area contributed by atoms with Gasteiger partial charge in [0.25, 0.3) is 0 Å². The summed E-state index contributed by atoms with van der Waals surface area (Å²) in [7, 11) is 1.61. The average molecular weight is 321 g/mol. The first kappa shape index (κ1) is 16.2. The molecule has 6 nitrogen and oxygen atoms in total. The number of hydrogen-bond acceptors (Lipinski definition) is 5. The van der Waals surface area contributed by atoms with Gasteiger partial charge in [0.1, 0.15) is 5.75 Å². The fourth-order valence-electron chi connectivity index (χ4n) is 3.30. The van der Waals surface area contributed by atoms with Crippen molar-refractivity contribution >= 4 is 5.97 Å². The second-order valence-corrected chi connectivity index (χ2v) is 6.19. The zero-order valence-corrected chi connectivity index (χ0v) is 13.4. The third-order valence-corrected chi connectivity index (χ3v) is 4.69. The molecule has 0 bridgehead atoms. The third kappa shape index (κ3) is 3.65. The number of carboxylic acid groups (broad SMARTS) is 1. The molecule has 2 saturated heterocycles. The van der Waals surface area contributed by atoms with Crippen molar-refractivity contribution in [2.45, 2.75) is 25.0 Å². The molecule has 1 spiro atoms. The maximum atomic E-state index is 11.2. The molecule has 1 aromatic carbocycles. The Morgan fingerprint density at radius 2 is 2.13 bits per heavy atom. The molecule has 2 heterocycles. The molecule has 0 radical (unpaired) electrons. The van der Waals surface area contributed by atoms with E-state index in [0.29, 0.717) is 31.9 Å². The van der Waals surface area contributed by atoms with Gasteiger partial charge in [-0.3, -0.25) is 4.90 Å². The van der Waals surface area contributed by atoms with E-state index in [1.165, 1.54) is 0 Å². The predicted molar refractivity (Wildman–Crippen MR) is 84.0 cm³/mol. The van der Waals surface area contributed by atoms with Crippen LogP contribution in [0.2, 0.25) is 0 Å². The molecule has 23 heavy (non-hydrogen) atoms. The van der Waals surface area contributed by atoms with Crippen LogP contribution in [0.5, 0.6) is 5.75 Å². The molecule has 0 aromatic heterocycles. The fourth-order valence-corrected chi connectivity index (χ4v) is 3.30. The van der Waals surface area contributed by atoms with Gasteiger partial charge in [-0.05, 0) is 31.0 Å². The molecule has 1 N–H and O–H groups in total. The summed E-state index contributed by atoms with van der Waals surface area (Å²) < 4.78 is 16.9. The first-order chi connectivity index (χ1) is 11.1. The Hall–Kier alpha value is -1.63. The highest BCUT2D eigenvalue weighted by molar-refractivity contribution is 5.88. The minimum Gasteiger partial charge on any atom is -0.496 e. The second-order valence-electron chi connectivity index (χ2n) is 6.19. The van der Waals surface area contributed by atoms with Gasteiger partial charge in [0.2, 0.25) is 0 Å². The van der Waals surface area contributed by atoms with Crippen molar-refractivity contribution in [1.29, 1.82) is 0 Å². The zero-order chi connectivity index (χ0) is 16.3. The average Bonchev–Trinajstić information content (AvgIpc) is 2.58. The Morgan fingerprint density at radius 3 is 2.74 bits per heavy atom. The molecule has 2 aliphatic heterocycles. The fraction of sp³-hybridized carbons (Fsp3) is 0.588. The lowest BCUT2D eigenvalue weighted by Gasteiger charge is -2.43. The van der Waals surface area contributed by atoms with E-state index >= 15 is 0 Å². The normalized spacial score (nSPS) is 21.3. The molecule has 2 fully saturated rings. The lowest BCUT2D eigenvalue weighted by Crippen LogP contribution is -2.51. The lowest BCUT2D eigenvalue weighted by atomic mass is 9.91. The SMILES string of the molecule is COc1ccc(C(=O)O)cc1CN1CCC2(CC1)COCCO2. The van der Waals surface area contributed by atoms with Crippen LogP contribution in [0.4, 0.5) is 0 Å².